The number of para-hydroxylation sites is 1. The van der Waals surface area contributed by atoms with Gasteiger partial charge in [0, 0.05) is 0 Å². The lowest BCUT2D eigenvalue weighted by molar-refractivity contribution is -0.123. The van der Waals surface area contributed by atoms with Gasteiger partial charge in [0.1, 0.15) is 5.75 Å². The van der Waals surface area contributed by atoms with Gasteiger partial charge < -0.3 is 4.74 Å². The van der Waals surface area contributed by atoms with Crippen LogP contribution in [0.2, 0.25) is 5.02 Å². The van der Waals surface area contributed by atoms with Gasteiger partial charge in [-0.1, -0.05) is 23.7 Å². The normalized spacial score (nSPS) is 10.7. The van der Waals surface area contributed by atoms with Crippen molar-refractivity contribution in [3.05, 3.63) is 59.1 Å². The van der Waals surface area contributed by atoms with Crippen LogP contribution in [-0.2, 0) is 14.8 Å². The third kappa shape index (κ3) is 4.70. The maximum absolute atomic E-state index is 12.0. The van der Waals surface area contributed by atoms with E-state index in [2.05, 4.69) is 0 Å². The Balaban J connectivity index is 1.90. The summed E-state index contributed by atoms with van der Waals surface area (Å²) in [5.41, 5.74) is 2.35. The van der Waals surface area contributed by atoms with E-state index in [1.165, 1.54) is 24.3 Å². The number of sulfonamides is 1. The average Bonchev–Trinajstić information content (AvgIpc) is 2.59. The lowest BCUT2D eigenvalue weighted by atomic mass is 10.2. The molecule has 24 heavy (non-hydrogen) atoms. The molecule has 2 aromatic rings. The summed E-state index contributed by atoms with van der Waals surface area (Å²) in [6, 6.07) is 13.7. The maximum Gasteiger partial charge on any atom is 0.272 e. The first kappa shape index (κ1) is 17.7. The molecule has 0 aliphatic rings. The lowest BCUT2D eigenvalue weighted by Gasteiger charge is -2.10. The maximum atomic E-state index is 12.0. The summed E-state index contributed by atoms with van der Waals surface area (Å²) in [6.07, 6.45) is 0. The summed E-state index contributed by atoms with van der Waals surface area (Å²) in [5, 5.41) is 9.02. The Morgan fingerprint density at radius 1 is 1.17 bits per heavy atom. The predicted molar refractivity (Wildman–Crippen MR) is 86.6 cm³/mol. The van der Waals surface area contributed by atoms with Gasteiger partial charge in [0.15, 0.2) is 6.61 Å². The van der Waals surface area contributed by atoms with Crippen molar-refractivity contribution in [1.29, 1.82) is 5.26 Å². The zero-order valence-corrected chi connectivity index (χ0v) is 13.8. The quantitative estimate of drug-likeness (QED) is 0.756. The molecule has 0 aliphatic heterocycles. The fourth-order valence-electron chi connectivity index (χ4n) is 1.63. The topological polar surface area (TPSA) is 108 Å². The molecule has 2 aromatic carbocycles. The Kier molecular flexibility index (Phi) is 5.76. The van der Waals surface area contributed by atoms with Crippen molar-refractivity contribution < 1.29 is 17.9 Å². The Morgan fingerprint density at radius 2 is 1.83 bits per heavy atom. The van der Waals surface area contributed by atoms with Crippen LogP contribution in [0.1, 0.15) is 5.56 Å². The van der Waals surface area contributed by atoms with E-state index in [4.69, 9.17) is 21.6 Å². The van der Waals surface area contributed by atoms with Gasteiger partial charge >= 0.3 is 0 Å². The van der Waals surface area contributed by atoms with Gasteiger partial charge in [0.05, 0.1) is 21.6 Å². The number of hydrogen-bond donors (Lipinski definition) is 2. The monoisotopic (exact) mass is 365 g/mol. The number of carbonyl (C=O) groups is 1. The molecule has 0 aromatic heterocycles. The molecule has 7 nitrogen and oxygen atoms in total. The second-order valence-electron chi connectivity index (χ2n) is 4.51. The number of nitrogens with zero attached hydrogens (tertiary/aromatic N) is 1. The third-order valence-corrected chi connectivity index (χ3v) is 4.39. The van der Waals surface area contributed by atoms with Crippen molar-refractivity contribution in [2.24, 2.45) is 0 Å². The standard InChI is InChI=1S/C15H12ClN3O4S/c16-13-3-1-2-4-14(13)23-10-15(20)18-19-24(21,22)12-7-5-11(9-17)6-8-12/h1-8,19H,10H2,(H,18,20). The summed E-state index contributed by atoms with van der Waals surface area (Å²) in [6.45, 7) is -0.417. The highest BCUT2D eigenvalue weighted by Gasteiger charge is 2.15. The van der Waals surface area contributed by atoms with E-state index >= 15 is 0 Å². The van der Waals surface area contributed by atoms with E-state index in [1.54, 1.807) is 24.3 Å². The first-order valence-electron chi connectivity index (χ1n) is 6.60. The summed E-state index contributed by atoms with van der Waals surface area (Å²) < 4.78 is 29.2. The number of nitrogens with one attached hydrogen (secondary N) is 2. The summed E-state index contributed by atoms with van der Waals surface area (Å²) >= 11 is 5.87. The Bertz CT molecular complexity index is 876. The number of rotatable bonds is 6. The van der Waals surface area contributed by atoms with Crippen molar-refractivity contribution in [3.63, 3.8) is 0 Å². The number of amides is 1. The molecule has 2 N–H and O–H groups in total. The molecular weight excluding hydrogens is 354 g/mol. The van der Waals surface area contributed by atoms with E-state index in [0.717, 1.165) is 0 Å². The van der Waals surface area contributed by atoms with Crippen molar-refractivity contribution >= 4 is 27.5 Å². The van der Waals surface area contributed by atoms with Crippen molar-refractivity contribution in [2.45, 2.75) is 4.90 Å². The van der Waals surface area contributed by atoms with Crippen LogP contribution in [0.15, 0.2) is 53.4 Å². The molecule has 0 fully saturated rings. The number of nitriles is 1. The van der Waals surface area contributed by atoms with Gasteiger partial charge in [-0.25, -0.2) is 8.42 Å². The minimum atomic E-state index is -3.94. The van der Waals surface area contributed by atoms with Gasteiger partial charge in [-0.3, -0.25) is 10.2 Å². The molecule has 0 saturated carbocycles. The molecule has 1 amide bonds. The van der Waals surface area contributed by atoms with Crippen molar-refractivity contribution in [1.82, 2.24) is 10.3 Å². The van der Waals surface area contributed by atoms with Gasteiger partial charge in [0.25, 0.3) is 15.9 Å². The van der Waals surface area contributed by atoms with Crippen LogP contribution < -0.4 is 15.0 Å². The van der Waals surface area contributed by atoms with Crippen LogP contribution in [0.3, 0.4) is 0 Å². The molecule has 2 rings (SSSR count). The first-order chi connectivity index (χ1) is 11.4. The van der Waals surface area contributed by atoms with Crippen molar-refractivity contribution in [2.75, 3.05) is 6.61 Å². The van der Waals surface area contributed by atoms with Crippen molar-refractivity contribution in [3.8, 4) is 11.8 Å². The molecule has 0 radical (unpaired) electrons. The number of hydrogen-bond acceptors (Lipinski definition) is 5. The third-order valence-electron chi connectivity index (χ3n) is 2.81. The minimum Gasteiger partial charge on any atom is -0.482 e. The highest BCUT2D eigenvalue weighted by Crippen LogP contribution is 2.22. The molecule has 0 saturated heterocycles. The Hall–Kier alpha value is -2.60. The summed E-state index contributed by atoms with van der Waals surface area (Å²) in [5.74, 6) is -0.392. The predicted octanol–water partition coefficient (Wildman–Crippen LogP) is 1.60. The molecule has 0 aliphatic carbocycles. The molecule has 124 valence electrons. The fraction of sp³-hybridized carbons (Fsp3) is 0.0667. The van der Waals surface area contributed by atoms with Gasteiger partial charge in [-0.15, -0.1) is 4.83 Å². The highest BCUT2D eigenvalue weighted by atomic mass is 35.5. The number of halogens is 1. The van der Waals surface area contributed by atoms with E-state index in [1.807, 2.05) is 16.3 Å². The zero-order chi connectivity index (χ0) is 17.6. The van der Waals surface area contributed by atoms with Gasteiger partial charge in [-0.05, 0) is 36.4 Å². The fourth-order valence-corrected chi connectivity index (χ4v) is 2.68. The van der Waals surface area contributed by atoms with Crippen LogP contribution in [-0.4, -0.2) is 20.9 Å². The van der Waals surface area contributed by atoms with Gasteiger partial charge in [-0.2, -0.15) is 5.26 Å². The van der Waals surface area contributed by atoms with Crippen LogP contribution in [0, 0.1) is 11.3 Å². The average molecular weight is 366 g/mol. The summed E-state index contributed by atoms with van der Waals surface area (Å²) in [7, 11) is -3.94. The Labute approximate surface area is 143 Å². The number of hydrazine groups is 1. The van der Waals surface area contributed by atoms with E-state index in [0.29, 0.717) is 16.3 Å². The minimum absolute atomic E-state index is 0.0891. The lowest BCUT2D eigenvalue weighted by Crippen LogP contribution is -2.43. The molecule has 0 spiro atoms. The molecule has 0 heterocycles. The number of carbonyl (C=O) groups excluding carboxylic acids is 1. The zero-order valence-electron chi connectivity index (χ0n) is 12.2. The number of benzene rings is 2. The second-order valence-corrected chi connectivity index (χ2v) is 6.60. The second kappa shape index (κ2) is 7.79. The highest BCUT2D eigenvalue weighted by molar-refractivity contribution is 7.89. The molecule has 9 heteroatoms. The number of ether oxygens (including phenoxy) is 1. The molecule has 0 bridgehead atoms. The van der Waals surface area contributed by atoms with Crippen LogP contribution in [0.25, 0.3) is 0 Å². The van der Waals surface area contributed by atoms with Gasteiger partial charge in [0.2, 0.25) is 0 Å². The molecule has 0 atom stereocenters. The largest absolute Gasteiger partial charge is 0.482 e. The van der Waals surface area contributed by atoms with E-state index < -0.39 is 22.5 Å². The molecular formula is C15H12ClN3O4S. The van der Waals surface area contributed by atoms with Crippen LogP contribution in [0.4, 0.5) is 0 Å². The first-order valence-corrected chi connectivity index (χ1v) is 8.46. The van der Waals surface area contributed by atoms with E-state index in [9.17, 15) is 13.2 Å². The summed E-state index contributed by atoms with van der Waals surface area (Å²) in [4.78, 5) is 13.5. The SMILES string of the molecule is N#Cc1ccc(S(=O)(=O)NNC(=O)COc2ccccc2Cl)cc1. The molecule has 0 unspecified atom stereocenters. The van der Waals surface area contributed by atoms with Crippen LogP contribution in [0.5, 0.6) is 5.75 Å². The van der Waals surface area contributed by atoms with E-state index in [-0.39, 0.29) is 4.90 Å². The van der Waals surface area contributed by atoms with Crippen LogP contribution >= 0.6 is 11.6 Å². The smallest absolute Gasteiger partial charge is 0.272 e. The Morgan fingerprint density at radius 3 is 2.46 bits per heavy atom.